The Bertz CT molecular complexity index is 74.6. The predicted octanol–water partition coefficient (Wildman–Crippen LogP) is 0.935. The van der Waals surface area contributed by atoms with E-state index >= 15 is 0 Å². The summed E-state index contributed by atoms with van der Waals surface area (Å²) in [5.41, 5.74) is 0. The normalized spacial score (nSPS) is 29.8. The van der Waals surface area contributed by atoms with Gasteiger partial charge in [0.25, 0.3) is 0 Å². The van der Waals surface area contributed by atoms with Gasteiger partial charge >= 0.3 is 0 Å². The van der Waals surface area contributed by atoms with Gasteiger partial charge in [-0.1, -0.05) is 6.08 Å². The third-order valence-electron chi connectivity index (χ3n) is 1.18. The van der Waals surface area contributed by atoms with E-state index < -0.39 is 0 Å². The highest BCUT2D eigenvalue weighted by molar-refractivity contribution is 4.80. The molecule has 46 valence electrons. The lowest BCUT2D eigenvalue weighted by atomic mass is 10.2. The first-order valence-electron chi connectivity index (χ1n) is 2.75. The molecule has 2 heteroatoms. The van der Waals surface area contributed by atoms with Gasteiger partial charge in [-0.15, -0.1) is 6.58 Å². The molecule has 1 aliphatic heterocycles. The van der Waals surface area contributed by atoms with Crippen molar-refractivity contribution in [3.63, 3.8) is 0 Å². The monoisotopic (exact) mass is 114 g/mol. The van der Waals surface area contributed by atoms with Crippen LogP contribution in [-0.2, 0) is 9.47 Å². The van der Waals surface area contributed by atoms with E-state index in [9.17, 15) is 0 Å². The molecule has 1 rings (SSSR count). The minimum Gasteiger partial charge on any atom is -0.355 e. The van der Waals surface area contributed by atoms with Crippen molar-refractivity contribution in [2.45, 2.75) is 12.5 Å². The third kappa shape index (κ3) is 1.32. The van der Waals surface area contributed by atoms with E-state index in [0.717, 1.165) is 13.0 Å². The summed E-state index contributed by atoms with van der Waals surface area (Å²) in [7, 11) is 0. The first kappa shape index (κ1) is 5.79. The summed E-state index contributed by atoms with van der Waals surface area (Å²) in [6.07, 6.45) is 2.98. The lowest BCUT2D eigenvalue weighted by Crippen LogP contribution is -2.21. The fraction of sp³-hybridized carbons (Fsp3) is 0.667. The standard InChI is InChI=1S/C6H10O2/c1-2-6-3-4-7-5-8-6/h2,6H,1,3-5H2/t6-/m1/s1. The zero-order valence-corrected chi connectivity index (χ0v) is 4.80. The molecular weight excluding hydrogens is 104 g/mol. The summed E-state index contributed by atoms with van der Waals surface area (Å²) in [5.74, 6) is 0. The lowest BCUT2D eigenvalue weighted by Gasteiger charge is -2.18. The van der Waals surface area contributed by atoms with Crippen molar-refractivity contribution in [1.82, 2.24) is 0 Å². The minimum absolute atomic E-state index is 0.226. The molecule has 0 aromatic heterocycles. The SMILES string of the molecule is C=C[C@@H]1CCOCO1. The molecule has 0 amide bonds. The highest BCUT2D eigenvalue weighted by atomic mass is 16.7. The fourth-order valence-corrected chi connectivity index (χ4v) is 0.663. The molecule has 0 bridgehead atoms. The van der Waals surface area contributed by atoms with Crippen molar-refractivity contribution >= 4 is 0 Å². The predicted molar refractivity (Wildman–Crippen MR) is 30.5 cm³/mol. The molecule has 0 aromatic rings. The Morgan fingerprint density at radius 1 is 1.62 bits per heavy atom. The van der Waals surface area contributed by atoms with Crippen LogP contribution in [0.15, 0.2) is 12.7 Å². The maximum Gasteiger partial charge on any atom is 0.147 e. The maximum absolute atomic E-state index is 5.09. The Labute approximate surface area is 49.1 Å². The lowest BCUT2D eigenvalue weighted by molar-refractivity contribution is -0.122. The van der Waals surface area contributed by atoms with Gasteiger partial charge in [0.15, 0.2) is 0 Å². The Morgan fingerprint density at radius 3 is 2.88 bits per heavy atom. The van der Waals surface area contributed by atoms with Gasteiger partial charge in [0.1, 0.15) is 6.79 Å². The van der Waals surface area contributed by atoms with Crippen LogP contribution >= 0.6 is 0 Å². The van der Waals surface area contributed by atoms with Crippen LogP contribution in [0, 0.1) is 0 Å². The highest BCUT2D eigenvalue weighted by Crippen LogP contribution is 2.05. The quantitative estimate of drug-likeness (QED) is 0.472. The minimum atomic E-state index is 0.226. The van der Waals surface area contributed by atoms with E-state index in [1.807, 2.05) is 6.08 Å². The van der Waals surface area contributed by atoms with Crippen molar-refractivity contribution in [3.8, 4) is 0 Å². The molecule has 0 unspecified atom stereocenters. The molecule has 1 aliphatic rings. The van der Waals surface area contributed by atoms with Crippen LogP contribution in [0.4, 0.5) is 0 Å². The van der Waals surface area contributed by atoms with Gasteiger partial charge in [0.05, 0.1) is 12.7 Å². The Kier molecular flexibility index (Phi) is 2.06. The van der Waals surface area contributed by atoms with E-state index in [1.165, 1.54) is 0 Å². The summed E-state index contributed by atoms with van der Waals surface area (Å²) in [5, 5.41) is 0. The van der Waals surface area contributed by atoms with Gasteiger partial charge in [-0.25, -0.2) is 0 Å². The molecule has 0 saturated carbocycles. The third-order valence-corrected chi connectivity index (χ3v) is 1.18. The molecule has 0 aromatic carbocycles. The van der Waals surface area contributed by atoms with E-state index in [4.69, 9.17) is 9.47 Å². The zero-order valence-electron chi connectivity index (χ0n) is 4.80. The summed E-state index contributed by atoms with van der Waals surface area (Å²) in [4.78, 5) is 0. The van der Waals surface area contributed by atoms with Crippen molar-refractivity contribution in [2.24, 2.45) is 0 Å². The highest BCUT2D eigenvalue weighted by Gasteiger charge is 2.08. The zero-order chi connectivity index (χ0) is 5.82. The molecule has 1 heterocycles. The largest absolute Gasteiger partial charge is 0.355 e. The van der Waals surface area contributed by atoms with Crippen molar-refractivity contribution in [1.29, 1.82) is 0 Å². The van der Waals surface area contributed by atoms with E-state index in [0.29, 0.717) is 6.79 Å². The first-order chi connectivity index (χ1) is 3.93. The first-order valence-corrected chi connectivity index (χ1v) is 2.75. The summed E-state index contributed by atoms with van der Waals surface area (Å²) < 4.78 is 10.0. The second-order valence-corrected chi connectivity index (χ2v) is 1.76. The van der Waals surface area contributed by atoms with Crippen LogP contribution < -0.4 is 0 Å². The van der Waals surface area contributed by atoms with Crippen molar-refractivity contribution in [3.05, 3.63) is 12.7 Å². The molecule has 1 saturated heterocycles. The number of hydrogen-bond acceptors (Lipinski definition) is 2. The molecule has 0 spiro atoms. The fourth-order valence-electron chi connectivity index (χ4n) is 0.663. The second-order valence-electron chi connectivity index (χ2n) is 1.76. The van der Waals surface area contributed by atoms with Crippen LogP contribution in [-0.4, -0.2) is 19.5 Å². The molecular formula is C6H10O2. The number of hydrogen-bond donors (Lipinski definition) is 0. The molecule has 1 fully saturated rings. The van der Waals surface area contributed by atoms with Crippen LogP contribution in [0.3, 0.4) is 0 Å². The van der Waals surface area contributed by atoms with E-state index in [2.05, 4.69) is 6.58 Å². The summed E-state index contributed by atoms with van der Waals surface area (Å²) in [6, 6.07) is 0. The number of ether oxygens (including phenoxy) is 2. The van der Waals surface area contributed by atoms with Gasteiger partial charge in [0.2, 0.25) is 0 Å². The molecule has 8 heavy (non-hydrogen) atoms. The molecule has 2 nitrogen and oxygen atoms in total. The maximum atomic E-state index is 5.09. The van der Waals surface area contributed by atoms with Crippen LogP contribution in [0.25, 0.3) is 0 Å². The van der Waals surface area contributed by atoms with E-state index in [1.54, 1.807) is 0 Å². The Hall–Kier alpha value is -0.340. The van der Waals surface area contributed by atoms with Gasteiger partial charge in [-0.2, -0.15) is 0 Å². The average Bonchev–Trinajstić information content (AvgIpc) is 1.90. The average molecular weight is 114 g/mol. The van der Waals surface area contributed by atoms with Gasteiger partial charge in [0, 0.05) is 6.42 Å². The number of rotatable bonds is 1. The van der Waals surface area contributed by atoms with E-state index in [-0.39, 0.29) is 6.10 Å². The molecule has 0 N–H and O–H groups in total. The van der Waals surface area contributed by atoms with Crippen LogP contribution in [0.1, 0.15) is 6.42 Å². The van der Waals surface area contributed by atoms with Crippen LogP contribution in [0.5, 0.6) is 0 Å². The smallest absolute Gasteiger partial charge is 0.147 e. The molecule has 1 atom stereocenters. The Morgan fingerprint density at radius 2 is 2.50 bits per heavy atom. The second kappa shape index (κ2) is 2.84. The summed E-state index contributed by atoms with van der Waals surface area (Å²) in [6.45, 7) is 4.83. The Balaban J connectivity index is 2.22. The summed E-state index contributed by atoms with van der Waals surface area (Å²) >= 11 is 0. The van der Waals surface area contributed by atoms with Gasteiger partial charge in [-0.05, 0) is 0 Å². The molecule has 0 aliphatic carbocycles. The van der Waals surface area contributed by atoms with Crippen molar-refractivity contribution in [2.75, 3.05) is 13.4 Å². The topological polar surface area (TPSA) is 18.5 Å². The molecule has 0 radical (unpaired) electrons. The van der Waals surface area contributed by atoms with Gasteiger partial charge < -0.3 is 9.47 Å². The van der Waals surface area contributed by atoms with Crippen molar-refractivity contribution < 1.29 is 9.47 Å². The van der Waals surface area contributed by atoms with Crippen LogP contribution in [0.2, 0.25) is 0 Å². The van der Waals surface area contributed by atoms with Gasteiger partial charge in [-0.3, -0.25) is 0 Å².